The van der Waals surface area contributed by atoms with E-state index in [-0.39, 0.29) is 5.54 Å². The van der Waals surface area contributed by atoms with Crippen LogP contribution < -0.4 is 10.6 Å². The molecule has 31 heavy (non-hydrogen) atoms. The molecule has 3 aliphatic rings. The topological polar surface area (TPSA) is 73.6 Å². The summed E-state index contributed by atoms with van der Waals surface area (Å²) in [6, 6.07) is 0.337. The molecule has 1 unspecified atom stereocenters. The third-order valence-corrected chi connectivity index (χ3v) is 7.48. The van der Waals surface area contributed by atoms with Crippen LogP contribution in [0.4, 0.5) is 0 Å². The Morgan fingerprint density at radius 1 is 1.16 bits per heavy atom. The lowest BCUT2D eigenvalue weighted by Gasteiger charge is -2.50. The average Bonchev–Trinajstić information content (AvgIpc) is 3.22. The summed E-state index contributed by atoms with van der Waals surface area (Å²) in [6.07, 6.45) is 8.57. The van der Waals surface area contributed by atoms with Crippen LogP contribution in [-0.4, -0.2) is 88.9 Å². The summed E-state index contributed by atoms with van der Waals surface area (Å²) >= 11 is 0. The van der Waals surface area contributed by atoms with Gasteiger partial charge in [-0.2, -0.15) is 5.10 Å². The van der Waals surface area contributed by atoms with E-state index >= 15 is 0 Å². The summed E-state index contributed by atoms with van der Waals surface area (Å²) in [5.74, 6) is 3.39. The minimum atomic E-state index is 0.252. The van der Waals surface area contributed by atoms with Gasteiger partial charge < -0.3 is 15.5 Å². The Morgan fingerprint density at radius 2 is 1.90 bits per heavy atom. The fraction of sp³-hybridized carbons (Fsp3) is 0.870. The molecule has 0 saturated carbocycles. The molecule has 0 spiro atoms. The van der Waals surface area contributed by atoms with Crippen molar-refractivity contribution in [2.75, 3.05) is 46.8 Å². The van der Waals surface area contributed by atoms with Gasteiger partial charge in [0.15, 0.2) is 11.8 Å². The molecular weight excluding hydrogens is 388 g/mol. The van der Waals surface area contributed by atoms with E-state index in [0.29, 0.717) is 12.0 Å². The Kier molecular flexibility index (Phi) is 7.16. The number of nitrogens with one attached hydrogen (secondary N) is 2. The number of fused-ring (bicyclic) bond motifs is 1. The quantitative estimate of drug-likeness (QED) is 0.548. The molecule has 0 aliphatic carbocycles. The van der Waals surface area contributed by atoms with E-state index < -0.39 is 0 Å². The summed E-state index contributed by atoms with van der Waals surface area (Å²) in [5.41, 5.74) is 0.252. The number of aromatic nitrogens is 3. The Labute approximate surface area is 187 Å². The van der Waals surface area contributed by atoms with Crippen molar-refractivity contribution in [2.24, 2.45) is 4.99 Å². The zero-order valence-electron chi connectivity index (χ0n) is 20.0. The van der Waals surface area contributed by atoms with Gasteiger partial charge in [-0.25, -0.2) is 9.67 Å². The van der Waals surface area contributed by atoms with Gasteiger partial charge in [-0.3, -0.25) is 9.89 Å². The number of rotatable bonds is 5. The number of aryl methyl sites for hydroxylation is 1. The molecule has 4 rings (SSSR count). The Morgan fingerprint density at radius 3 is 2.58 bits per heavy atom. The van der Waals surface area contributed by atoms with Crippen molar-refractivity contribution >= 4 is 5.96 Å². The first-order valence-corrected chi connectivity index (χ1v) is 12.3. The molecule has 4 heterocycles. The monoisotopic (exact) mass is 430 g/mol. The Bertz CT molecular complexity index is 741. The van der Waals surface area contributed by atoms with Crippen LogP contribution in [0.3, 0.4) is 0 Å². The molecule has 1 atom stereocenters. The van der Waals surface area contributed by atoms with E-state index in [4.69, 9.17) is 10.1 Å². The van der Waals surface area contributed by atoms with E-state index in [0.717, 1.165) is 43.5 Å². The molecule has 1 aromatic heterocycles. The van der Waals surface area contributed by atoms with Crippen LogP contribution >= 0.6 is 0 Å². The molecule has 1 aromatic rings. The van der Waals surface area contributed by atoms with Crippen LogP contribution in [0.15, 0.2) is 4.99 Å². The minimum Gasteiger partial charge on any atom is -0.355 e. The Balaban J connectivity index is 1.36. The molecule has 0 bridgehead atoms. The molecule has 8 heteroatoms. The van der Waals surface area contributed by atoms with Crippen molar-refractivity contribution in [1.29, 1.82) is 0 Å². The predicted molar refractivity (Wildman–Crippen MR) is 126 cm³/mol. The van der Waals surface area contributed by atoms with Crippen molar-refractivity contribution in [1.82, 2.24) is 35.2 Å². The third kappa shape index (κ3) is 5.22. The van der Waals surface area contributed by atoms with Crippen molar-refractivity contribution in [2.45, 2.75) is 82.8 Å². The maximum atomic E-state index is 4.73. The lowest BCUT2D eigenvalue weighted by Crippen LogP contribution is -2.62. The second kappa shape index (κ2) is 9.86. The van der Waals surface area contributed by atoms with Crippen molar-refractivity contribution < 1.29 is 0 Å². The molecule has 2 N–H and O–H groups in total. The molecule has 0 aromatic carbocycles. The lowest BCUT2D eigenvalue weighted by atomic mass is 9.84. The van der Waals surface area contributed by atoms with Gasteiger partial charge in [0.25, 0.3) is 0 Å². The normalized spacial score (nSPS) is 25.5. The highest BCUT2D eigenvalue weighted by Gasteiger charge is 2.39. The molecule has 174 valence electrons. The van der Waals surface area contributed by atoms with Gasteiger partial charge in [0.05, 0.1) is 6.54 Å². The largest absolute Gasteiger partial charge is 0.355 e. The molecule has 2 fully saturated rings. The van der Waals surface area contributed by atoms with Gasteiger partial charge in [-0.15, -0.1) is 0 Å². The number of hydrogen-bond donors (Lipinski definition) is 2. The molecule has 0 amide bonds. The van der Waals surface area contributed by atoms with Crippen LogP contribution in [0.5, 0.6) is 0 Å². The van der Waals surface area contributed by atoms with Crippen LogP contribution in [0, 0.1) is 0 Å². The van der Waals surface area contributed by atoms with E-state index in [1.807, 2.05) is 7.05 Å². The zero-order chi connectivity index (χ0) is 21.8. The minimum absolute atomic E-state index is 0.252. The first-order valence-electron chi connectivity index (χ1n) is 12.3. The van der Waals surface area contributed by atoms with Crippen LogP contribution in [0.1, 0.15) is 69.9 Å². The van der Waals surface area contributed by atoms with Gasteiger partial charge >= 0.3 is 0 Å². The standard InChI is InChI=1S/C23H42N8/c1-18(2)21-27-20-9-8-19(16-31(20)28-21)26-22(24-3)25-17-23(10-14-29(4)15-11-23)30-12-6-5-7-13-30/h18-19H,5-17H2,1-4H3,(H2,24,25,26). The van der Waals surface area contributed by atoms with Gasteiger partial charge in [-0.05, 0) is 65.3 Å². The molecular formula is C23H42N8. The number of piperidine rings is 2. The predicted octanol–water partition coefficient (Wildman–Crippen LogP) is 1.83. The summed E-state index contributed by atoms with van der Waals surface area (Å²) in [4.78, 5) is 14.5. The summed E-state index contributed by atoms with van der Waals surface area (Å²) in [5, 5.41) is 12.1. The SMILES string of the molecule is CN=C(NCC1(N2CCCCC2)CCN(C)CC1)NC1CCc2nc(C(C)C)nn2C1. The second-order valence-electron chi connectivity index (χ2n) is 10.1. The van der Waals surface area contributed by atoms with Crippen LogP contribution in [-0.2, 0) is 13.0 Å². The smallest absolute Gasteiger partial charge is 0.191 e. The highest BCUT2D eigenvalue weighted by atomic mass is 15.4. The van der Waals surface area contributed by atoms with E-state index in [2.05, 4.69) is 51.0 Å². The fourth-order valence-electron chi connectivity index (χ4n) is 5.33. The number of nitrogens with zero attached hydrogens (tertiary/aromatic N) is 6. The van der Waals surface area contributed by atoms with E-state index in [1.54, 1.807) is 0 Å². The van der Waals surface area contributed by atoms with Crippen molar-refractivity contribution in [3.8, 4) is 0 Å². The second-order valence-corrected chi connectivity index (χ2v) is 10.1. The highest BCUT2D eigenvalue weighted by molar-refractivity contribution is 5.80. The first kappa shape index (κ1) is 22.5. The van der Waals surface area contributed by atoms with Crippen LogP contribution in [0.25, 0.3) is 0 Å². The molecule has 2 saturated heterocycles. The van der Waals surface area contributed by atoms with E-state index in [1.165, 1.54) is 58.3 Å². The van der Waals surface area contributed by atoms with Gasteiger partial charge in [0.2, 0.25) is 0 Å². The van der Waals surface area contributed by atoms with Gasteiger partial charge in [0.1, 0.15) is 5.82 Å². The molecule has 3 aliphatic heterocycles. The maximum Gasteiger partial charge on any atom is 0.191 e. The number of hydrogen-bond acceptors (Lipinski definition) is 5. The summed E-state index contributed by atoms with van der Waals surface area (Å²) < 4.78 is 2.09. The molecule has 8 nitrogen and oxygen atoms in total. The lowest BCUT2D eigenvalue weighted by molar-refractivity contribution is 0.0172. The van der Waals surface area contributed by atoms with Crippen LogP contribution in [0.2, 0.25) is 0 Å². The third-order valence-electron chi connectivity index (χ3n) is 7.48. The fourth-order valence-corrected chi connectivity index (χ4v) is 5.33. The van der Waals surface area contributed by atoms with Gasteiger partial charge in [0, 0.05) is 37.5 Å². The number of likely N-dealkylation sites (tertiary alicyclic amines) is 2. The molecule has 0 radical (unpaired) electrons. The Hall–Kier alpha value is -1.67. The summed E-state index contributed by atoms with van der Waals surface area (Å²) in [6.45, 7) is 11.0. The first-order chi connectivity index (χ1) is 15.0. The number of aliphatic imine (C=N–C) groups is 1. The average molecular weight is 431 g/mol. The van der Waals surface area contributed by atoms with Crippen molar-refractivity contribution in [3.63, 3.8) is 0 Å². The number of guanidine groups is 1. The maximum absolute atomic E-state index is 4.73. The highest BCUT2D eigenvalue weighted by Crippen LogP contribution is 2.31. The zero-order valence-corrected chi connectivity index (χ0v) is 20.0. The van der Waals surface area contributed by atoms with Gasteiger partial charge in [-0.1, -0.05) is 20.3 Å². The van der Waals surface area contributed by atoms with Crippen molar-refractivity contribution in [3.05, 3.63) is 11.6 Å². The van der Waals surface area contributed by atoms with E-state index in [9.17, 15) is 0 Å². The summed E-state index contributed by atoms with van der Waals surface area (Å²) in [7, 11) is 4.14.